The molecule has 108 valence electrons. The van der Waals surface area contributed by atoms with Crippen molar-refractivity contribution in [3.63, 3.8) is 0 Å². The molecule has 0 aliphatic carbocycles. The molecule has 0 aliphatic heterocycles. The van der Waals surface area contributed by atoms with E-state index in [2.05, 4.69) is 0 Å². The van der Waals surface area contributed by atoms with Gasteiger partial charge in [-0.1, -0.05) is 17.7 Å². The Kier molecular flexibility index (Phi) is 4.91. The molecule has 4 nitrogen and oxygen atoms in total. The molecular formula is C16H14ClNO3. The number of nitrogens with zero attached hydrogens (tertiary/aromatic N) is 1. The molecule has 2 aromatic rings. The molecule has 2 rings (SSSR count). The van der Waals surface area contributed by atoms with Crippen molar-refractivity contribution in [2.45, 2.75) is 13.5 Å². The van der Waals surface area contributed by atoms with E-state index in [1.54, 1.807) is 30.3 Å². The molecule has 0 saturated carbocycles. The van der Waals surface area contributed by atoms with E-state index in [1.807, 2.05) is 13.0 Å². The molecule has 0 bridgehead atoms. The molecule has 2 aromatic carbocycles. The summed E-state index contributed by atoms with van der Waals surface area (Å²) in [5.74, 6) is 1.27. The van der Waals surface area contributed by atoms with Crippen LogP contribution in [0.25, 0.3) is 0 Å². The molecule has 0 atom stereocenters. The average molecular weight is 304 g/mol. The summed E-state index contributed by atoms with van der Waals surface area (Å²) in [6.45, 7) is 2.05. The minimum atomic E-state index is -0.0401. The van der Waals surface area contributed by atoms with Crippen molar-refractivity contribution < 1.29 is 14.6 Å². The second-order valence-electron chi connectivity index (χ2n) is 4.44. The Labute approximate surface area is 128 Å². The van der Waals surface area contributed by atoms with Crippen LogP contribution in [0.3, 0.4) is 0 Å². The fourth-order valence-electron chi connectivity index (χ4n) is 1.95. The number of aryl methyl sites for hydroxylation is 1. The first-order valence-corrected chi connectivity index (χ1v) is 6.68. The van der Waals surface area contributed by atoms with Gasteiger partial charge in [0.15, 0.2) is 6.61 Å². The third-order valence-electron chi connectivity index (χ3n) is 2.81. The van der Waals surface area contributed by atoms with Gasteiger partial charge in [-0.3, -0.25) is 0 Å². The van der Waals surface area contributed by atoms with E-state index in [1.165, 1.54) is 6.07 Å². The zero-order chi connectivity index (χ0) is 15.2. The number of benzene rings is 2. The van der Waals surface area contributed by atoms with Crippen LogP contribution in [0.2, 0.25) is 5.02 Å². The maximum Gasteiger partial charge on any atom is 0.174 e. The van der Waals surface area contributed by atoms with Gasteiger partial charge in [0, 0.05) is 16.7 Å². The highest BCUT2D eigenvalue weighted by molar-refractivity contribution is 6.30. The number of nitriles is 1. The predicted octanol–water partition coefficient (Wildman–Crippen LogP) is 3.84. The Hall–Kier alpha value is -2.38. The molecule has 0 radical (unpaired) electrons. The lowest BCUT2D eigenvalue weighted by atomic mass is 10.1. The van der Waals surface area contributed by atoms with E-state index in [-0.39, 0.29) is 19.0 Å². The molecule has 21 heavy (non-hydrogen) atoms. The number of phenols is 1. The van der Waals surface area contributed by atoms with Crippen molar-refractivity contribution in [3.8, 4) is 23.3 Å². The standard InChI is InChI=1S/C16H14ClNO3/c1-11-7-13(17)8-12(16(11)20-6-5-18)10-21-15-4-2-3-14(19)9-15/h2-4,7-9,19H,6,10H2,1H3. The monoisotopic (exact) mass is 303 g/mol. The van der Waals surface area contributed by atoms with Crippen molar-refractivity contribution in [1.29, 1.82) is 5.26 Å². The van der Waals surface area contributed by atoms with Crippen LogP contribution in [-0.2, 0) is 6.61 Å². The molecule has 1 N–H and O–H groups in total. The topological polar surface area (TPSA) is 62.5 Å². The van der Waals surface area contributed by atoms with Crippen LogP contribution >= 0.6 is 11.6 Å². The number of halogens is 1. The Balaban J connectivity index is 2.20. The molecule has 5 heteroatoms. The van der Waals surface area contributed by atoms with Crippen LogP contribution < -0.4 is 9.47 Å². The van der Waals surface area contributed by atoms with Crippen molar-refractivity contribution in [3.05, 3.63) is 52.5 Å². The zero-order valence-corrected chi connectivity index (χ0v) is 12.2. The fraction of sp³-hybridized carbons (Fsp3) is 0.188. The molecule has 0 unspecified atom stereocenters. The number of rotatable bonds is 5. The lowest BCUT2D eigenvalue weighted by Gasteiger charge is -2.14. The van der Waals surface area contributed by atoms with Gasteiger partial charge >= 0.3 is 0 Å². The van der Waals surface area contributed by atoms with Gasteiger partial charge in [0.1, 0.15) is 29.9 Å². The number of hydrogen-bond donors (Lipinski definition) is 1. The molecule has 0 fully saturated rings. The SMILES string of the molecule is Cc1cc(Cl)cc(COc2cccc(O)c2)c1OCC#N. The van der Waals surface area contributed by atoms with Crippen LogP contribution in [0.4, 0.5) is 0 Å². The highest BCUT2D eigenvalue weighted by Crippen LogP contribution is 2.29. The molecule has 0 spiro atoms. The Morgan fingerprint density at radius 3 is 2.76 bits per heavy atom. The normalized spacial score (nSPS) is 9.95. The molecule has 0 aliphatic rings. The van der Waals surface area contributed by atoms with E-state index < -0.39 is 0 Å². The summed E-state index contributed by atoms with van der Waals surface area (Å²) in [6.07, 6.45) is 0. The number of ether oxygens (including phenoxy) is 2. The van der Waals surface area contributed by atoms with E-state index >= 15 is 0 Å². The van der Waals surface area contributed by atoms with Crippen molar-refractivity contribution in [2.24, 2.45) is 0 Å². The Morgan fingerprint density at radius 2 is 2.05 bits per heavy atom. The lowest BCUT2D eigenvalue weighted by molar-refractivity contribution is 0.290. The summed E-state index contributed by atoms with van der Waals surface area (Å²) < 4.78 is 11.1. The fourth-order valence-corrected chi connectivity index (χ4v) is 2.25. The Morgan fingerprint density at radius 1 is 1.24 bits per heavy atom. The number of hydrogen-bond acceptors (Lipinski definition) is 4. The average Bonchev–Trinajstić information content (AvgIpc) is 2.44. The third-order valence-corrected chi connectivity index (χ3v) is 3.03. The van der Waals surface area contributed by atoms with Gasteiger partial charge in [-0.25, -0.2) is 0 Å². The predicted molar refractivity (Wildman–Crippen MR) is 79.7 cm³/mol. The molecule has 0 aromatic heterocycles. The summed E-state index contributed by atoms with van der Waals surface area (Å²) in [4.78, 5) is 0. The second kappa shape index (κ2) is 6.87. The smallest absolute Gasteiger partial charge is 0.174 e. The quantitative estimate of drug-likeness (QED) is 0.911. The van der Waals surface area contributed by atoms with Gasteiger partial charge in [0.25, 0.3) is 0 Å². The van der Waals surface area contributed by atoms with Crippen LogP contribution in [0.5, 0.6) is 17.2 Å². The van der Waals surface area contributed by atoms with Gasteiger partial charge in [-0.05, 0) is 36.8 Å². The van der Waals surface area contributed by atoms with Gasteiger partial charge in [-0.2, -0.15) is 5.26 Å². The first-order valence-electron chi connectivity index (χ1n) is 6.30. The van der Waals surface area contributed by atoms with Crippen LogP contribution in [0.15, 0.2) is 36.4 Å². The van der Waals surface area contributed by atoms with Crippen LogP contribution in [0, 0.1) is 18.3 Å². The molecule has 0 saturated heterocycles. The van der Waals surface area contributed by atoms with Gasteiger partial charge < -0.3 is 14.6 Å². The summed E-state index contributed by atoms with van der Waals surface area (Å²) >= 11 is 6.05. The number of aromatic hydroxyl groups is 1. The summed E-state index contributed by atoms with van der Waals surface area (Å²) in [5, 5.41) is 18.6. The zero-order valence-electron chi connectivity index (χ0n) is 11.5. The largest absolute Gasteiger partial charge is 0.508 e. The van der Waals surface area contributed by atoms with E-state index in [0.717, 1.165) is 11.1 Å². The lowest BCUT2D eigenvalue weighted by Crippen LogP contribution is -2.03. The summed E-state index contributed by atoms with van der Waals surface area (Å²) in [5.41, 5.74) is 1.59. The van der Waals surface area contributed by atoms with Gasteiger partial charge in [-0.15, -0.1) is 0 Å². The maximum absolute atomic E-state index is 9.41. The Bertz CT molecular complexity index is 680. The maximum atomic E-state index is 9.41. The van der Waals surface area contributed by atoms with Gasteiger partial charge in [0.2, 0.25) is 0 Å². The first-order chi connectivity index (χ1) is 10.1. The van der Waals surface area contributed by atoms with E-state index in [4.69, 9.17) is 26.3 Å². The van der Waals surface area contributed by atoms with E-state index in [0.29, 0.717) is 16.5 Å². The number of phenolic OH excluding ortho intramolecular Hbond substituents is 1. The van der Waals surface area contributed by atoms with E-state index in [9.17, 15) is 5.11 Å². The second-order valence-corrected chi connectivity index (χ2v) is 4.88. The minimum Gasteiger partial charge on any atom is -0.508 e. The molecule has 0 heterocycles. The van der Waals surface area contributed by atoms with Crippen molar-refractivity contribution in [1.82, 2.24) is 0 Å². The van der Waals surface area contributed by atoms with Crippen LogP contribution in [0.1, 0.15) is 11.1 Å². The van der Waals surface area contributed by atoms with Crippen LogP contribution in [-0.4, -0.2) is 11.7 Å². The summed E-state index contributed by atoms with van der Waals surface area (Å²) in [7, 11) is 0. The third kappa shape index (κ3) is 4.04. The summed E-state index contributed by atoms with van der Waals surface area (Å²) in [6, 6.07) is 12.0. The van der Waals surface area contributed by atoms with Crippen molar-refractivity contribution >= 4 is 11.6 Å². The highest BCUT2D eigenvalue weighted by atomic mass is 35.5. The minimum absolute atomic E-state index is 0.0401. The van der Waals surface area contributed by atoms with Gasteiger partial charge in [0.05, 0.1) is 0 Å². The molecular weight excluding hydrogens is 290 g/mol. The highest BCUT2D eigenvalue weighted by Gasteiger charge is 2.10. The first kappa shape index (κ1) is 15.0. The molecule has 0 amide bonds. The van der Waals surface area contributed by atoms with Crippen molar-refractivity contribution in [2.75, 3.05) is 6.61 Å².